The van der Waals surface area contributed by atoms with Crippen LogP contribution in [0.5, 0.6) is 0 Å². The predicted molar refractivity (Wildman–Crippen MR) is 50.3 cm³/mol. The molecule has 50 valence electrons. The van der Waals surface area contributed by atoms with Gasteiger partial charge in [-0.15, -0.1) is 0 Å². The Bertz CT molecular complexity index is 386. The van der Waals surface area contributed by atoms with E-state index in [1.807, 2.05) is 0 Å². The van der Waals surface area contributed by atoms with Gasteiger partial charge in [0.15, 0.2) is 7.85 Å². The maximum absolute atomic E-state index is 4.85. The quantitative estimate of drug-likeness (QED) is 0.337. The average Bonchev–Trinajstić information content (AvgIpc) is 2.10. The number of rotatable bonds is 0. The number of hydrogen-bond acceptors (Lipinski definition) is 0. The Hall–Kier alpha value is -2.14. The Kier molecular flexibility index (Phi) is 7.29. The molecule has 0 atom stereocenters. The maximum atomic E-state index is 4.85. The van der Waals surface area contributed by atoms with Gasteiger partial charge in [0.1, 0.15) is 0 Å². The van der Waals surface area contributed by atoms with Gasteiger partial charge in [-0.3, -0.25) is 0 Å². The Labute approximate surface area is 74.5 Å². The van der Waals surface area contributed by atoms with Crippen LogP contribution < -0.4 is 0 Å². The van der Waals surface area contributed by atoms with Gasteiger partial charge in [0, 0.05) is 0 Å². The van der Waals surface area contributed by atoms with E-state index in [2.05, 4.69) is 59.1 Å². The normalized spacial score (nSPS) is 3.75. The molecule has 0 heterocycles. The van der Waals surface area contributed by atoms with Gasteiger partial charge in [0.2, 0.25) is 0 Å². The minimum Gasteiger partial charge on any atom is -0.158 e. The Morgan fingerprint density at radius 1 is 0.667 bits per heavy atom. The van der Waals surface area contributed by atoms with Crippen molar-refractivity contribution in [3.05, 3.63) is 0 Å². The van der Waals surface area contributed by atoms with Crippen LogP contribution in [-0.2, 0) is 0 Å². The largest absolute Gasteiger partial charge is 0.189 e. The van der Waals surface area contributed by atoms with Crippen LogP contribution in [0.3, 0.4) is 0 Å². The summed E-state index contributed by atoms with van der Waals surface area (Å²) in [6.45, 7) is 1.71. The fraction of sp³-hybridized carbons (Fsp3) is 0.0909. The van der Waals surface area contributed by atoms with Crippen LogP contribution >= 0.6 is 0 Å². The van der Waals surface area contributed by atoms with Crippen LogP contribution in [0.4, 0.5) is 0 Å². The van der Waals surface area contributed by atoms with Crippen LogP contribution in [0.25, 0.3) is 0 Å². The lowest BCUT2D eigenvalue weighted by atomic mass is 10.2. The molecule has 0 saturated carbocycles. The van der Waals surface area contributed by atoms with Gasteiger partial charge in [-0.1, -0.05) is 5.92 Å². The van der Waals surface area contributed by atoms with Crippen LogP contribution in [0.15, 0.2) is 0 Å². The van der Waals surface area contributed by atoms with Gasteiger partial charge >= 0.3 is 0 Å². The molecule has 0 fully saturated rings. The van der Waals surface area contributed by atoms with Crippen LogP contribution in [0, 0.1) is 59.1 Å². The molecule has 0 bridgehead atoms. The fourth-order valence-corrected chi connectivity index (χ4v) is 0.286. The molecule has 0 aliphatic heterocycles. The summed E-state index contributed by atoms with van der Waals surface area (Å²) in [6, 6.07) is 0. The lowest BCUT2D eigenvalue weighted by molar-refractivity contribution is 1.92. The summed E-state index contributed by atoms with van der Waals surface area (Å²) in [5.74, 6) is 24.4. The van der Waals surface area contributed by atoms with Crippen LogP contribution in [-0.4, -0.2) is 7.85 Å². The van der Waals surface area contributed by atoms with Gasteiger partial charge < -0.3 is 0 Å². The molecule has 1 heteroatoms. The first-order valence-electron chi connectivity index (χ1n) is 3.04. The van der Waals surface area contributed by atoms with Crippen molar-refractivity contribution in [2.24, 2.45) is 0 Å². The smallest absolute Gasteiger partial charge is 0.158 e. The molecule has 0 rings (SSSR count). The van der Waals surface area contributed by atoms with Gasteiger partial charge in [-0.25, -0.2) is 0 Å². The topological polar surface area (TPSA) is 0 Å². The molecule has 0 aliphatic carbocycles. The van der Waals surface area contributed by atoms with E-state index >= 15 is 0 Å². The average molecular weight is 146 g/mol. The van der Waals surface area contributed by atoms with Crippen molar-refractivity contribution in [3.63, 3.8) is 0 Å². The second-order valence-corrected chi connectivity index (χ2v) is 1.39. The van der Waals surface area contributed by atoms with E-state index in [0.717, 1.165) is 0 Å². The molecule has 0 amide bonds. The minimum atomic E-state index is 1.71. The van der Waals surface area contributed by atoms with E-state index in [0.29, 0.717) is 0 Å². The molecule has 0 aromatic heterocycles. The van der Waals surface area contributed by atoms with Crippen molar-refractivity contribution in [2.75, 3.05) is 0 Å². The zero-order valence-electron chi connectivity index (χ0n) is 6.58. The molecule has 0 nitrogen and oxygen atoms in total. The molecule has 0 saturated heterocycles. The van der Waals surface area contributed by atoms with Crippen molar-refractivity contribution in [1.82, 2.24) is 0 Å². The van der Waals surface area contributed by atoms with Crippen molar-refractivity contribution in [1.29, 1.82) is 0 Å². The Morgan fingerprint density at radius 3 is 1.50 bits per heavy atom. The summed E-state index contributed by atoms with van der Waals surface area (Å²) >= 11 is 0. The lowest BCUT2D eigenvalue weighted by Crippen LogP contribution is -1.54. The van der Waals surface area contributed by atoms with E-state index in [4.69, 9.17) is 7.85 Å². The van der Waals surface area contributed by atoms with E-state index < -0.39 is 0 Å². The molecular formula is C11H3B. The van der Waals surface area contributed by atoms with Crippen molar-refractivity contribution < 1.29 is 0 Å². The zero-order valence-corrected chi connectivity index (χ0v) is 6.58. The maximum Gasteiger partial charge on any atom is 0.189 e. The molecular weight excluding hydrogens is 143 g/mol. The van der Waals surface area contributed by atoms with E-state index in [1.54, 1.807) is 6.92 Å². The molecule has 0 N–H and O–H groups in total. The molecule has 0 aromatic rings. The summed E-state index contributed by atoms with van der Waals surface area (Å²) < 4.78 is 0. The summed E-state index contributed by atoms with van der Waals surface area (Å²) in [4.78, 5) is 0. The van der Waals surface area contributed by atoms with Crippen LogP contribution in [0.1, 0.15) is 6.92 Å². The molecule has 0 aliphatic rings. The predicted octanol–water partition coefficient (Wildman–Crippen LogP) is 0.149. The molecule has 0 unspecified atom stereocenters. The second-order valence-electron chi connectivity index (χ2n) is 1.39. The lowest BCUT2D eigenvalue weighted by Gasteiger charge is -1.55. The SMILES string of the molecule is [B]C#CC#CC#CC#CC#CC. The summed E-state index contributed by atoms with van der Waals surface area (Å²) in [6.07, 6.45) is 0. The molecule has 2 radical (unpaired) electrons. The standard InChI is InChI=1S/C11H3B/c1-2-3-4-5-6-7-8-9-10-11-12/h1H3. The highest BCUT2D eigenvalue weighted by molar-refractivity contribution is 6.22. The third-order valence-electron chi connectivity index (χ3n) is 0.635. The summed E-state index contributed by atoms with van der Waals surface area (Å²) in [5.41, 5.74) is 0. The van der Waals surface area contributed by atoms with Crippen molar-refractivity contribution >= 4 is 7.85 Å². The first kappa shape index (κ1) is 9.86. The first-order valence-corrected chi connectivity index (χ1v) is 3.04. The fourth-order valence-electron chi connectivity index (χ4n) is 0.286. The monoisotopic (exact) mass is 146 g/mol. The number of hydrogen-bond donors (Lipinski definition) is 0. The van der Waals surface area contributed by atoms with Gasteiger partial charge in [-0.05, 0) is 54.3 Å². The van der Waals surface area contributed by atoms with Crippen molar-refractivity contribution in [2.45, 2.75) is 6.92 Å². The summed E-state index contributed by atoms with van der Waals surface area (Å²) in [7, 11) is 4.85. The highest BCUT2D eigenvalue weighted by Gasteiger charge is 1.54. The molecule has 0 aromatic carbocycles. The molecule has 0 spiro atoms. The summed E-state index contributed by atoms with van der Waals surface area (Å²) in [5, 5.41) is 0. The highest BCUT2D eigenvalue weighted by Crippen LogP contribution is 1.55. The van der Waals surface area contributed by atoms with Gasteiger partial charge in [0.05, 0.1) is 0 Å². The van der Waals surface area contributed by atoms with Gasteiger partial charge in [-0.2, -0.15) is 5.82 Å². The van der Waals surface area contributed by atoms with Crippen LogP contribution in [0.2, 0.25) is 0 Å². The Morgan fingerprint density at radius 2 is 1.08 bits per heavy atom. The molecule has 12 heavy (non-hydrogen) atoms. The third kappa shape index (κ3) is 7.86. The highest BCUT2D eigenvalue weighted by atomic mass is 13.5. The van der Waals surface area contributed by atoms with E-state index in [-0.39, 0.29) is 0 Å². The van der Waals surface area contributed by atoms with Crippen molar-refractivity contribution in [3.8, 4) is 59.1 Å². The first-order chi connectivity index (χ1) is 5.91. The Balaban J connectivity index is 4.07. The van der Waals surface area contributed by atoms with E-state index in [9.17, 15) is 0 Å². The van der Waals surface area contributed by atoms with Gasteiger partial charge in [0.25, 0.3) is 0 Å². The minimum absolute atomic E-state index is 1.71. The second kappa shape index (κ2) is 8.86. The van der Waals surface area contributed by atoms with E-state index in [1.165, 1.54) is 0 Å². The zero-order chi connectivity index (χ0) is 9.07. The third-order valence-corrected chi connectivity index (χ3v) is 0.635.